The summed E-state index contributed by atoms with van der Waals surface area (Å²) in [5.74, 6) is -1.04. The van der Waals surface area contributed by atoms with Gasteiger partial charge in [-0.25, -0.2) is 4.79 Å². The maximum Gasteiger partial charge on any atom is 0.330 e. The third kappa shape index (κ3) is 2.38. The maximum atomic E-state index is 10.6. The van der Waals surface area contributed by atoms with Crippen molar-refractivity contribution in [2.24, 2.45) is 0 Å². The summed E-state index contributed by atoms with van der Waals surface area (Å²) in [5.41, 5.74) is 0.455. The fourth-order valence-electron chi connectivity index (χ4n) is 0.954. The zero-order chi connectivity index (χ0) is 9.72. The molecule has 1 amide bonds. The van der Waals surface area contributed by atoms with Gasteiger partial charge >= 0.3 is 5.97 Å². The van der Waals surface area contributed by atoms with Crippen LogP contribution in [0, 0.1) is 0 Å². The van der Waals surface area contributed by atoms with Crippen LogP contribution in [-0.4, -0.2) is 35.0 Å². The highest BCUT2D eigenvalue weighted by atomic mass is 16.4. The van der Waals surface area contributed by atoms with E-state index >= 15 is 0 Å². The molecule has 1 unspecified atom stereocenters. The van der Waals surface area contributed by atoms with Gasteiger partial charge in [-0.2, -0.15) is 0 Å². The fourth-order valence-corrected chi connectivity index (χ4v) is 0.954. The minimum Gasteiger partial charge on any atom is -0.479 e. The molecule has 68 valence electrons. The van der Waals surface area contributed by atoms with E-state index in [1.54, 1.807) is 13.8 Å². The van der Waals surface area contributed by atoms with E-state index in [1.807, 2.05) is 0 Å². The van der Waals surface area contributed by atoms with Gasteiger partial charge in [0.1, 0.15) is 6.04 Å². The zero-order valence-corrected chi connectivity index (χ0v) is 7.28. The third-order valence-electron chi connectivity index (χ3n) is 1.53. The molecule has 0 rings (SSSR count). The Bertz CT molecular complexity index is 186. The normalized spacial score (nSPS) is 11.8. The van der Waals surface area contributed by atoms with Gasteiger partial charge in [0.15, 0.2) is 0 Å². The molecular weight excluding hydrogens is 158 g/mol. The second-order valence-electron chi connectivity index (χ2n) is 2.52. The van der Waals surface area contributed by atoms with Crippen LogP contribution in [0.15, 0.2) is 12.2 Å². The van der Waals surface area contributed by atoms with Gasteiger partial charge in [-0.3, -0.25) is 4.79 Å². The SMILES string of the molecule is C=C(C)C(C(=O)O)N(C=O)CC. The summed E-state index contributed by atoms with van der Waals surface area (Å²) in [6.07, 6.45) is 0.521. The second kappa shape index (κ2) is 4.54. The van der Waals surface area contributed by atoms with Crippen LogP contribution in [0.4, 0.5) is 0 Å². The average molecular weight is 171 g/mol. The number of carbonyl (C=O) groups is 2. The van der Waals surface area contributed by atoms with Crippen molar-refractivity contribution in [3.05, 3.63) is 12.2 Å². The van der Waals surface area contributed by atoms with Crippen molar-refractivity contribution < 1.29 is 14.7 Å². The highest BCUT2D eigenvalue weighted by molar-refractivity contribution is 5.79. The summed E-state index contributed by atoms with van der Waals surface area (Å²) in [6.45, 7) is 7.18. The summed E-state index contributed by atoms with van der Waals surface area (Å²) in [7, 11) is 0. The van der Waals surface area contributed by atoms with Crippen LogP contribution < -0.4 is 0 Å². The Kier molecular flexibility index (Phi) is 4.04. The molecule has 12 heavy (non-hydrogen) atoms. The lowest BCUT2D eigenvalue weighted by molar-refractivity contribution is -0.144. The third-order valence-corrected chi connectivity index (χ3v) is 1.53. The smallest absolute Gasteiger partial charge is 0.330 e. The maximum absolute atomic E-state index is 10.6. The standard InChI is InChI=1S/C8H13NO3/c1-4-9(5-10)7(6(2)3)8(11)12/h5,7H,2,4H2,1,3H3,(H,11,12). The van der Waals surface area contributed by atoms with Gasteiger partial charge in [0.2, 0.25) is 6.41 Å². The molecule has 0 aliphatic heterocycles. The van der Waals surface area contributed by atoms with Crippen molar-refractivity contribution in [2.45, 2.75) is 19.9 Å². The second-order valence-corrected chi connectivity index (χ2v) is 2.52. The van der Waals surface area contributed by atoms with Crippen molar-refractivity contribution in [3.8, 4) is 0 Å². The average Bonchev–Trinajstić information content (AvgIpc) is 1.98. The summed E-state index contributed by atoms with van der Waals surface area (Å²) in [4.78, 5) is 22.2. The molecule has 0 bridgehead atoms. The highest BCUT2D eigenvalue weighted by Gasteiger charge is 2.23. The summed E-state index contributed by atoms with van der Waals surface area (Å²) in [5, 5.41) is 8.71. The van der Waals surface area contributed by atoms with Gasteiger partial charge in [0.25, 0.3) is 0 Å². The van der Waals surface area contributed by atoms with Crippen molar-refractivity contribution in [2.75, 3.05) is 6.54 Å². The van der Waals surface area contributed by atoms with E-state index in [0.717, 1.165) is 0 Å². The van der Waals surface area contributed by atoms with Crippen LogP contribution in [-0.2, 0) is 9.59 Å². The molecular formula is C8H13NO3. The van der Waals surface area contributed by atoms with Crippen LogP contribution in [0.3, 0.4) is 0 Å². The molecule has 0 fully saturated rings. The first-order valence-corrected chi connectivity index (χ1v) is 3.63. The molecule has 1 N–H and O–H groups in total. The minimum absolute atomic E-state index is 0.368. The molecule has 0 saturated heterocycles. The highest BCUT2D eigenvalue weighted by Crippen LogP contribution is 2.06. The Hall–Kier alpha value is -1.32. The van der Waals surface area contributed by atoms with Crippen molar-refractivity contribution in [1.29, 1.82) is 0 Å². The number of carboxylic acids is 1. The molecule has 4 heteroatoms. The Labute approximate surface area is 71.5 Å². The molecule has 0 spiro atoms. The Morgan fingerprint density at radius 2 is 2.25 bits per heavy atom. The van der Waals surface area contributed by atoms with E-state index in [2.05, 4.69) is 6.58 Å². The number of nitrogens with zero attached hydrogens (tertiary/aromatic N) is 1. The summed E-state index contributed by atoms with van der Waals surface area (Å²) >= 11 is 0. The molecule has 1 atom stereocenters. The monoisotopic (exact) mass is 171 g/mol. The molecule has 0 aliphatic carbocycles. The van der Waals surface area contributed by atoms with Crippen LogP contribution in [0.1, 0.15) is 13.8 Å². The largest absolute Gasteiger partial charge is 0.479 e. The lowest BCUT2D eigenvalue weighted by atomic mass is 10.1. The number of hydrogen-bond acceptors (Lipinski definition) is 2. The van der Waals surface area contributed by atoms with E-state index in [0.29, 0.717) is 18.5 Å². The fraction of sp³-hybridized carbons (Fsp3) is 0.500. The van der Waals surface area contributed by atoms with Gasteiger partial charge in [0, 0.05) is 6.54 Å². The molecule has 0 aromatic rings. The summed E-state index contributed by atoms with van der Waals surface area (Å²) in [6, 6.07) is -0.896. The molecule has 0 saturated carbocycles. The van der Waals surface area contributed by atoms with Crippen molar-refractivity contribution in [3.63, 3.8) is 0 Å². The van der Waals surface area contributed by atoms with Gasteiger partial charge in [-0.05, 0) is 19.4 Å². The number of carbonyl (C=O) groups excluding carboxylic acids is 1. The van der Waals surface area contributed by atoms with E-state index in [4.69, 9.17) is 5.11 Å². The van der Waals surface area contributed by atoms with Gasteiger partial charge in [-0.15, -0.1) is 0 Å². The van der Waals surface area contributed by atoms with Gasteiger partial charge in [0.05, 0.1) is 0 Å². The molecule has 4 nitrogen and oxygen atoms in total. The number of likely N-dealkylation sites (N-methyl/N-ethyl adjacent to an activating group) is 1. The number of rotatable bonds is 5. The first-order valence-electron chi connectivity index (χ1n) is 3.63. The number of amides is 1. The van der Waals surface area contributed by atoms with Crippen molar-refractivity contribution in [1.82, 2.24) is 4.90 Å². The van der Waals surface area contributed by atoms with E-state index in [1.165, 1.54) is 4.90 Å². The molecule has 0 radical (unpaired) electrons. The number of aliphatic carboxylic acids is 1. The summed E-state index contributed by atoms with van der Waals surface area (Å²) < 4.78 is 0. The number of carboxylic acid groups (broad SMARTS) is 1. The minimum atomic E-state index is -1.04. The lowest BCUT2D eigenvalue weighted by Crippen LogP contribution is -2.40. The lowest BCUT2D eigenvalue weighted by Gasteiger charge is -2.23. The topological polar surface area (TPSA) is 57.6 Å². The zero-order valence-electron chi connectivity index (χ0n) is 7.28. The quantitative estimate of drug-likeness (QED) is 0.484. The first kappa shape index (κ1) is 10.7. The van der Waals surface area contributed by atoms with Crippen LogP contribution in [0.2, 0.25) is 0 Å². The predicted molar refractivity (Wildman–Crippen MR) is 44.7 cm³/mol. The Balaban J connectivity index is 4.58. The molecule has 0 aromatic heterocycles. The van der Waals surface area contributed by atoms with Crippen LogP contribution >= 0.6 is 0 Å². The molecule has 0 aliphatic rings. The molecule has 0 heterocycles. The van der Waals surface area contributed by atoms with Crippen LogP contribution in [0.5, 0.6) is 0 Å². The predicted octanol–water partition coefficient (Wildman–Crippen LogP) is 0.494. The van der Waals surface area contributed by atoms with Crippen molar-refractivity contribution >= 4 is 12.4 Å². The molecule has 0 aromatic carbocycles. The number of hydrogen-bond donors (Lipinski definition) is 1. The van der Waals surface area contributed by atoms with E-state index < -0.39 is 12.0 Å². The van der Waals surface area contributed by atoms with E-state index in [-0.39, 0.29) is 0 Å². The first-order chi connectivity index (χ1) is 5.54. The van der Waals surface area contributed by atoms with E-state index in [9.17, 15) is 9.59 Å². The van der Waals surface area contributed by atoms with Crippen LogP contribution in [0.25, 0.3) is 0 Å². The Morgan fingerprint density at radius 3 is 2.33 bits per heavy atom. The Morgan fingerprint density at radius 1 is 1.75 bits per heavy atom. The van der Waals surface area contributed by atoms with Gasteiger partial charge < -0.3 is 10.0 Å². The van der Waals surface area contributed by atoms with Gasteiger partial charge in [-0.1, -0.05) is 6.58 Å².